The van der Waals surface area contributed by atoms with E-state index in [1.165, 1.54) is 13.2 Å². The van der Waals surface area contributed by atoms with Gasteiger partial charge in [-0.2, -0.15) is 0 Å². The summed E-state index contributed by atoms with van der Waals surface area (Å²) in [5.41, 5.74) is 2.81. The third kappa shape index (κ3) is 1.99. The predicted octanol–water partition coefficient (Wildman–Crippen LogP) is 3.00. The van der Waals surface area contributed by atoms with E-state index in [9.17, 15) is 9.90 Å². The van der Waals surface area contributed by atoms with Gasteiger partial charge in [-0.1, -0.05) is 18.2 Å². The van der Waals surface area contributed by atoms with Crippen LogP contribution in [0.2, 0.25) is 0 Å². The number of benzene rings is 2. The molecule has 0 radical (unpaired) electrons. The topological polar surface area (TPSA) is 55.8 Å². The van der Waals surface area contributed by atoms with Crippen LogP contribution >= 0.6 is 0 Å². The maximum atomic E-state index is 11.5. The smallest absolute Gasteiger partial charge is 0.336 e. The first-order valence-corrected chi connectivity index (χ1v) is 6.37. The van der Waals surface area contributed by atoms with Gasteiger partial charge < -0.3 is 14.6 Å². The Morgan fingerprint density at radius 1 is 1.25 bits per heavy atom. The van der Waals surface area contributed by atoms with Crippen molar-refractivity contribution in [3.8, 4) is 22.6 Å². The van der Waals surface area contributed by atoms with Gasteiger partial charge in [0.2, 0.25) is 0 Å². The molecule has 1 N–H and O–H groups in total. The van der Waals surface area contributed by atoms with E-state index in [2.05, 4.69) is 0 Å². The number of carboxylic acids is 1. The summed E-state index contributed by atoms with van der Waals surface area (Å²) in [4.78, 5) is 11.5. The minimum Gasteiger partial charge on any atom is -0.497 e. The Morgan fingerprint density at radius 2 is 2.10 bits per heavy atom. The van der Waals surface area contributed by atoms with Crippen LogP contribution in [0.25, 0.3) is 11.1 Å². The summed E-state index contributed by atoms with van der Waals surface area (Å²) >= 11 is 0. The van der Waals surface area contributed by atoms with Crippen LogP contribution in [0, 0.1) is 0 Å². The number of aromatic carboxylic acids is 1. The lowest BCUT2D eigenvalue weighted by Gasteiger charge is -2.12. The number of carbonyl (C=O) groups is 1. The monoisotopic (exact) mass is 270 g/mol. The molecule has 3 rings (SSSR count). The Balaban J connectivity index is 2.20. The van der Waals surface area contributed by atoms with Gasteiger partial charge in [-0.15, -0.1) is 0 Å². The van der Waals surface area contributed by atoms with Gasteiger partial charge in [0.1, 0.15) is 11.5 Å². The second-order valence-electron chi connectivity index (χ2n) is 4.61. The second kappa shape index (κ2) is 4.89. The Kier molecular flexibility index (Phi) is 3.06. The normalized spacial score (nSPS) is 12.7. The van der Waals surface area contributed by atoms with Gasteiger partial charge in [0.15, 0.2) is 0 Å². The van der Waals surface area contributed by atoms with Gasteiger partial charge in [-0.3, -0.25) is 0 Å². The number of methoxy groups -OCH3 is 1. The zero-order chi connectivity index (χ0) is 14.1. The van der Waals surface area contributed by atoms with Crippen LogP contribution < -0.4 is 9.47 Å². The molecule has 0 unspecified atom stereocenters. The molecule has 0 fully saturated rings. The molecule has 4 heteroatoms. The van der Waals surface area contributed by atoms with Gasteiger partial charge in [-0.25, -0.2) is 4.79 Å². The molecule has 1 heterocycles. The molecule has 0 saturated carbocycles. The number of ether oxygens (including phenoxy) is 2. The average molecular weight is 270 g/mol. The molecule has 20 heavy (non-hydrogen) atoms. The van der Waals surface area contributed by atoms with Crippen molar-refractivity contribution in [2.24, 2.45) is 0 Å². The predicted molar refractivity (Wildman–Crippen MR) is 74.6 cm³/mol. The molecule has 2 aromatic carbocycles. The molecule has 0 atom stereocenters. The molecule has 0 bridgehead atoms. The van der Waals surface area contributed by atoms with E-state index >= 15 is 0 Å². The van der Waals surface area contributed by atoms with Crippen LogP contribution in [0.5, 0.6) is 11.5 Å². The highest BCUT2D eigenvalue weighted by Gasteiger charge is 2.21. The molecule has 0 aromatic heterocycles. The Hall–Kier alpha value is -2.49. The zero-order valence-corrected chi connectivity index (χ0v) is 11.1. The van der Waals surface area contributed by atoms with E-state index in [0.29, 0.717) is 17.9 Å². The fourth-order valence-electron chi connectivity index (χ4n) is 2.49. The Morgan fingerprint density at radius 3 is 2.85 bits per heavy atom. The van der Waals surface area contributed by atoms with Crippen LogP contribution in [0.3, 0.4) is 0 Å². The molecule has 2 aromatic rings. The molecule has 1 aliphatic rings. The second-order valence-corrected chi connectivity index (χ2v) is 4.61. The van der Waals surface area contributed by atoms with Crippen LogP contribution in [-0.4, -0.2) is 24.8 Å². The van der Waals surface area contributed by atoms with Crippen molar-refractivity contribution in [3.63, 3.8) is 0 Å². The van der Waals surface area contributed by atoms with Crippen molar-refractivity contribution in [3.05, 3.63) is 47.5 Å². The number of carboxylic acid groups (broad SMARTS) is 1. The van der Waals surface area contributed by atoms with E-state index < -0.39 is 5.97 Å². The molecule has 0 amide bonds. The SMILES string of the molecule is COc1ccc(-c2cccc3c2OCC3)c(C(=O)O)c1. The first-order valence-electron chi connectivity index (χ1n) is 6.37. The molecule has 0 spiro atoms. The quantitative estimate of drug-likeness (QED) is 0.931. The zero-order valence-electron chi connectivity index (χ0n) is 11.1. The summed E-state index contributed by atoms with van der Waals surface area (Å²) in [5.74, 6) is 0.342. The molecular weight excluding hydrogens is 256 g/mol. The number of para-hydroxylation sites is 1. The summed E-state index contributed by atoms with van der Waals surface area (Å²) in [6.45, 7) is 0.644. The van der Waals surface area contributed by atoms with Crippen LogP contribution in [0.4, 0.5) is 0 Å². The third-order valence-electron chi connectivity index (χ3n) is 3.46. The first kappa shape index (κ1) is 12.5. The van der Waals surface area contributed by atoms with Gasteiger partial charge >= 0.3 is 5.97 Å². The maximum absolute atomic E-state index is 11.5. The highest BCUT2D eigenvalue weighted by atomic mass is 16.5. The van der Waals surface area contributed by atoms with Gasteiger partial charge in [0.05, 0.1) is 19.3 Å². The first-order chi connectivity index (χ1) is 9.70. The van der Waals surface area contributed by atoms with Crippen molar-refractivity contribution in [1.29, 1.82) is 0 Å². The summed E-state index contributed by atoms with van der Waals surface area (Å²) in [5, 5.41) is 9.40. The van der Waals surface area contributed by atoms with Gasteiger partial charge in [0.25, 0.3) is 0 Å². The molecule has 0 saturated heterocycles. The minimum atomic E-state index is -0.977. The van der Waals surface area contributed by atoms with Crippen molar-refractivity contribution >= 4 is 5.97 Å². The summed E-state index contributed by atoms with van der Waals surface area (Å²) in [6, 6.07) is 10.9. The summed E-state index contributed by atoms with van der Waals surface area (Å²) in [7, 11) is 1.52. The average Bonchev–Trinajstić information content (AvgIpc) is 2.95. The molecule has 1 aliphatic heterocycles. The van der Waals surface area contributed by atoms with E-state index in [1.54, 1.807) is 12.1 Å². The highest BCUT2D eigenvalue weighted by Crippen LogP contribution is 2.39. The Labute approximate surface area is 116 Å². The summed E-state index contributed by atoms with van der Waals surface area (Å²) in [6.07, 6.45) is 0.863. The van der Waals surface area contributed by atoms with Crippen molar-refractivity contribution in [1.82, 2.24) is 0 Å². The van der Waals surface area contributed by atoms with Gasteiger partial charge in [0, 0.05) is 17.5 Å². The molecule has 102 valence electrons. The lowest BCUT2D eigenvalue weighted by molar-refractivity contribution is 0.0697. The van der Waals surface area contributed by atoms with Crippen LogP contribution in [0.1, 0.15) is 15.9 Å². The van der Waals surface area contributed by atoms with Crippen molar-refractivity contribution in [2.45, 2.75) is 6.42 Å². The van der Waals surface area contributed by atoms with E-state index in [4.69, 9.17) is 9.47 Å². The van der Waals surface area contributed by atoms with Gasteiger partial charge in [-0.05, 0) is 23.8 Å². The lowest BCUT2D eigenvalue weighted by atomic mass is 9.96. The molecular formula is C16H14O4. The van der Waals surface area contributed by atoms with E-state index in [0.717, 1.165) is 23.3 Å². The summed E-state index contributed by atoms with van der Waals surface area (Å²) < 4.78 is 10.7. The third-order valence-corrected chi connectivity index (χ3v) is 3.46. The lowest BCUT2D eigenvalue weighted by Crippen LogP contribution is -2.01. The molecule has 0 aliphatic carbocycles. The minimum absolute atomic E-state index is 0.216. The fraction of sp³-hybridized carbons (Fsp3) is 0.188. The largest absolute Gasteiger partial charge is 0.497 e. The van der Waals surface area contributed by atoms with Crippen molar-refractivity contribution < 1.29 is 19.4 Å². The van der Waals surface area contributed by atoms with E-state index in [1.807, 2.05) is 18.2 Å². The van der Waals surface area contributed by atoms with Crippen molar-refractivity contribution in [2.75, 3.05) is 13.7 Å². The number of hydrogen-bond donors (Lipinski definition) is 1. The highest BCUT2D eigenvalue weighted by molar-refractivity contribution is 5.97. The molecule has 4 nitrogen and oxygen atoms in total. The van der Waals surface area contributed by atoms with E-state index in [-0.39, 0.29) is 5.56 Å². The number of fused-ring (bicyclic) bond motifs is 1. The van der Waals surface area contributed by atoms with Crippen LogP contribution in [-0.2, 0) is 6.42 Å². The number of hydrogen-bond acceptors (Lipinski definition) is 3. The maximum Gasteiger partial charge on any atom is 0.336 e. The van der Waals surface area contributed by atoms with Crippen LogP contribution in [0.15, 0.2) is 36.4 Å². The Bertz CT molecular complexity index is 676. The number of rotatable bonds is 3. The standard InChI is InChI=1S/C16H14O4/c1-19-11-5-6-12(14(9-11)16(17)18)13-4-2-3-10-7-8-20-15(10)13/h2-6,9H,7-8H2,1H3,(H,17,18). The fourth-order valence-corrected chi connectivity index (χ4v) is 2.49.